The van der Waals surface area contributed by atoms with Crippen molar-refractivity contribution >= 4 is 0 Å². The van der Waals surface area contributed by atoms with Gasteiger partial charge in [0.05, 0.1) is 11.7 Å². The first kappa shape index (κ1) is 14.1. The summed E-state index contributed by atoms with van der Waals surface area (Å²) in [7, 11) is 0. The number of nitrogens with two attached hydrogens (primary N) is 1. The van der Waals surface area contributed by atoms with Gasteiger partial charge < -0.3 is 10.5 Å². The van der Waals surface area contributed by atoms with Crippen LogP contribution >= 0.6 is 0 Å². The van der Waals surface area contributed by atoms with Crippen LogP contribution < -0.4 is 5.73 Å². The molecule has 0 radical (unpaired) electrons. The predicted octanol–water partition coefficient (Wildman–Crippen LogP) is 1.98. The number of ether oxygens (including phenoxy) is 1. The molecule has 1 unspecified atom stereocenters. The topological polar surface area (TPSA) is 38.5 Å². The summed E-state index contributed by atoms with van der Waals surface area (Å²) >= 11 is 0. The fraction of sp³-hybridized carbons (Fsp3) is 0.647. The lowest BCUT2D eigenvalue weighted by atomic mass is 9.90. The van der Waals surface area contributed by atoms with E-state index in [2.05, 4.69) is 49.9 Å². The van der Waals surface area contributed by atoms with Crippen LogP contribution in [0, 0.1) is 0 Å². The quantitative estimate of drug-likeness (QED) is 0.896. The first-order valence-electron chi connectivity index (χ1n) is 7.64. The summed E-state index contributed by atoms with van der Waals surface area (Å²) in [5.74, 6) is 0. The number of fused-ring (bicyclic) bond motifs is 1. The molecule has 20 heavy (non-hydrogen) atoms. The predicted molar refractivity (Wildman–Crippen MR) is 81.8 cm³/mol. The Hall–Kier alpha value is -0.900. The molecule has 0 aromatic heterocycles. The number of benzene rings is 1. The minimum absolute atomic E-state index is 0.0823. The summed E-state index contributed by atoms with van der Waals surface area (Å²) in [6.07, 6.45) is 2.41. The summed E-state index contributed by atoms with van der Waals surface area (Å²) < 4.78 is 6.05. The highest BCUT2D eigenvalue weighted by atomic mass is 16.5. The third-order valence-electron chi connectivity index (χ3n) is 4.78. The molecule has 3 rings (SSSR count). The summed E-state index contributed by atoms with van der Waals surface area (Å²) in [4.78, 5) is 2.58. The molecule has 1 aliphatic carbocycles. The third kappa shape index (κ3) is 2.39. The second-order valence-electron chi connectivity index (χ2n) is 7.12. The molecule has 1 heterocycles. The van der Waals surface area contributed by atoms with Crippen LogP contribution in [0.1, 0.15) is 31.9 Å². The highest BCUT2D eigenvalue weighted by Crippen LogP contribution is 2.37. The Morgan fingerprint density at radius 3 is 2.35 bits per heavy atom. The molecule has 0 spiro atoms. The SMILES string of the molecule is CC1CN(C2(CN)Cc3ccccc3C2)CC(C)(C)O1. The molecule has 1 aliphatic heterocycles. The van der Waals surface area contributed by atoms with Gasteiger partial charge in [-0.3, -0.25) is 4.90 Å². The number of hydrogen-bond donors (Lipinski definition) is 1. The van der Waals surface area contributed by atoms with Gasteiger partial charge in [0.15, 0.2) is 0 Å². The van der Waals surface area contributed by atoms with Gasteiger partial charge in [-0.15, -0.1) is 0 Å². The second kappa shape index (κ2) is 4.83. The Balaban J connectivity index is 1.88. The zero-order valence-corrected chi connectivity index (χ0v) is 12.9. The van der Waals surface area contributed by atoms with Crippen molar-refractivity contribution in [3.05, 3.63) is 35.4 Å². The maximum Gasteiger partial charge on any atom is 0.0757 e. The van der Waals surface area contributed by atoms with Crippen LogP contribution in [0.25, 0.3) is 0 Å². The smallest absolute Gasteiger partial charge is 0.0757 e. The molecule has 2 aliphatic rings. The zero-order chi connectivity index (χ0) is 14.4. The van der Waals surface area contributed by atoms with E-state index < -0.39 is 0 Å². The number of rotatable bonds is 2. The minimum Gasteiger partial charge on any atom is -0.370 e. The van der Waals surface area contributed by atoms with Gasteiger partial charge in [-0.1, -0.05) is 24.3 Å². The first-order chi connectivity index (χ1) is 9.44. The second-order valence-corrected chi connectivity index (χ2v) is 7.12. The van der Waals surface area contributed by atoms with E-state index in [1.165, 1.54) is 11.1 Å². The van der Waals surface area contributed by atoms with Crippen LogP contribution in [-0.4, -0.2) is 41.8 Å². The van der Waals surface area contributed by atoms with Crippen LogP contribution in [-0.2, 0) is 17.6 Å². The van der Waals surface area contributed by atoms with Crippen molar-refractivity contribution in [2.45, 2.75) is 50.9 Å². The van der Waals surface area contributed by atoms with Gasteiger partial charge in [0.2, 0.25) is 0 Å². The van der Waals surface area contributed by atoms with E-state index in [9.17, 15) is 0 Å². The molecule has 0 amide bonds. The third-order valence-corrected chi connectivity index (χ3v) is 4.78. The fourth-order valence-corrected chi connectivity index (χ4v) is 3.99. The Labute approximate surface area is 122 Å². The zero-order valence-electron chi connectivity index (χ0n) is 12.9. The molecule has 3 nitrogen and oxygen atoms in total. The van der Waals surface area contributed by atoms with Crippen molar-refractivity contribution in [3.8, 4) is 0 Å². The van der Waals surface area contributed by atoms with Gasteiger partial charge in [0.25, 0.3) is 0 Å². The van der Waals surface area contributed by atoms with E-state index in [-0.39, 0.29) is 17.2 Å². The summed E-state index contributed by atoms with van der Waals surface area (Å²) in [5, 5.41) is 0. The molecule has 2 N–H and O–H groups in total. The van der Waals surface area contributed by atoms with Gasteiger partial charge >= 0.3 is 0 Å². The Bertz CT molecular complexity index is 473. The summed E-state index contributed by atoms with van der Waals surface area (Å²) in [6, 6.07) is 8.78. The molecule has 1 atom stereocenters. The molecular weight excluding hydrogens is 248 g/mol. The number of hydrogen-bond acceptors (Lipinski definition) is 3. The maximum absolute atomic E-state index is 6.23. The first-order valence-corrected chi connectivity index (χ1v) is 7.64. The lowest BCUT2D eigenvalue weighted by Gasteiger charge is -2.50. The van der Waals surface area contributed by atoms with Gasteiger partial charge in [0, 0.05) is 25.2 Å². The van der Waals surface area contributed by atoms with Crippen LogP contribution in [0.2, 0.25) is 0 Å². The van der Waals surface area contributed by atoms with Crippen LogP contribution in [0.3, 0.4) is 0 Å². The van der Waals surface area contributed by atoms with Crippen molar-refractivity contribution in [1.29, 1.82) is 0 Å². The van der Waals surface area contributed by atoms with E-state index in [0.29, 0.717) is 6.54 Å². The van der Waals surface area contributed by atoms with Gasteiger partial charge in [0.1, 0.15) is 0 Å². The van der Waals surface area contributed by atoms with Crippen molar-refractivity contribution < 1.29 is 4.74 Å². The van der Waals surface area contributed by atoms with E-state index in [1.807, 2.05) is 0 Å². The average Bonchev–Trinajstić information content (AvgIpc) is 2.76. The van der Waals surface area contributed by atoms with Crippen molar-refractivity contribution in [1.82, 2.24) is 4.90 Å². The van der Waals surface area contributed by atoms with Crippen molar-refractivity contribution in [2.75, 3.05) is 19.6 Å². The molecule has 3 heteroatoms. The van der Waals surface area contributed by atoms with Gasteiger partial charge in [-0.05, 0) is 44.7 Å². The monoisotopic (exact) mass is 274 g/mol. The summed E-state index contributed by atoms with van der Waals surface area (Å²) in [5.41, 5.74) is 9.16. The van der Waals surface area contributed by atoms with Crippen LogP contribution in [0.4, 0.5) is 0 Å². The maximum atomic E-state index is 6.23. The fourth-order valence-electron chi connectivity index (χ4n) is 3.99. The molecule has 110 valence electrons. The van der Waals surface area contributed by atoms with Crippen LogP contribution in [0.15, 0.2) is 24.3 Å². The molecule has 1 fully saturated rings. The van der Waals surface area contributed by atoms with Gasteiger partial charge in [-0.25, -0.2) is 0 Å². The van der Waals surface area contributed by atoms with Crippen molar-refractivity contribution in [2.24, 2.45) is 5.73 Å². The molecule has 1 aromatic rings. The van der Waals surface area contributed by atoms with E-state index in [4.69, 9.17) is 10.5 Å². The molecule has 0 saturated carbocycles. The standard InChI is InChI=1S/C17H26N2O/c1-13-10-19(12-16(2,3)20-13)17(11-18)8-14-6-4-5-7-15(14)9-17/h4-7,13H,8-12,18H2,1-3H3. The number of nitrogens with zero attached hydrogens (tertiary/aromatic N) is 1. The molecule has 0 bridgehead atoms. The highest BCUT2D eigenvalue weighted by molar-refractivity contribution is 5.37. The Morgan fingerprint density at radius 1 is 1.25 bits per heavy atom. The van der Waals surface area contributed by atoms with E-state index in [1.54, 1.807) is 0 Å². The van der Waals surface area contributed by atoms with E-state index in [0.717, 1.165) is 25.9 Å². The minimum atomic E-state index is -0.0887. The summed E-state index contributed by atoms with van der Waals surface area (Å²) in [6.45, 7) is 9.19. The lowest BCUT2D eigenvalue weighted by Crippen LogP contribution is -2.63. The normalized spacial score (nSPS) is 28.3. The van der Waals surface area contributed by atoms with Crippen LogP contribution in [0.5, 0.6) is 0 Å². The highest BCUT2D eigenvalue weighted by Gasteiger charge is 2.45. The van der Waals surface area contributed by atoms with Gasteiger partial charge in [-0.2, -0.15) is 0 Å². The Kier molecular flexibility index (Phi) is 3.39. The Morgan fingerprint density at radius 2 is 1.85 bits per heavy atom. The lowest BCUT2D eigenvalue weighted by molar-refractivity contribution is -0.151. The molecular formula is C17H26N2O. The molecule has 1 aromatic carbocycles. The largest absolute Gasteiger partial charge is 0.370 e. The number of morpholine rings is 1. The van der Waals surface area contributed by atoms with Crippen molar-refractivity contribution in [3.63, 3.8) is 0 Å². The van der Waals surface area contributed by atoms with E-state index >= 15 is 0 Å². The average molecular weight is 274 g/mol. The molecule has 1 saturated heterocycles.